The zero-order valence-electron chi connectivity index (χ0n) is 11.9. The first-order chi connectivity index (χ1) is 9.85. The summed E-state index contributed by atoms with van der Waals surface area (Å²) in [6.07, 6.45) is 3.92. The second-order valence-corrected chi connectivity index (χ2v) is 6.59. The Morgan fingerprint density at radius 1 is 1.15 bits per heavy atom. The number of nitrogens with one attached hydrogen (secondary N) is 1. The normalized spacial score (nSPS) is 13.7. The molecule has 0 amide bonds. The van der Waals surface area contributed by atoms with Crippen LogP contribution in [0.25, 0.3) is 0 Å². The molecule has 3 heteroatoms. The summed E-state index contributed by atoms with van der Waals surface area (Å²) >= 11 is 1.99. The Bertz CT molecular complexity index is 555. The van der Waals surface area contributed by atoms with Crippen LogP contribution in [0.1, 0.15) is 32.9 Å². The van der Waals surface area contributed by atoms with E-state index in [1.807, 2.05) is 11.3 Å². The van der Waals surface area contributed by atoms with Crippen molar-refractivity contribution in [2.45, 2.75) is 39.0 Å². The first kappa shape index (κ1) is 13.8. The standard InChI is InChI=1S/C17H21NOS/c1-19-12-14-5-2-4-13(8-14)10-18-11-16-9-15-6-3-7-17(15)20-16/h2,4-5,8-9,18H,3,6-7,10-12H2,1H3. The van der Waals surface area contributed by atoms with E-state index in [1.165, 1.54) is 35.3 Å². The molecule has 2 nitrogen and oxygen atoms in total. The predicted molar refractivity (Wildman–Crippen MR) is 84.0 cm³/mol. The van der Waals surface area contributed by atoms with Crippen LogP contribution >= 0.6 is 11.3 Å². The SMILES string of the molecule is COCc1cccc(CNCc2cc3c(s2)CCC3)c1. The fourth-order valence-corrected chi connectivity index (χ4v) is 4.03. The van der Waals surface area contributed by atoms with Gasteiger partial charge < -0.3 is 10.1 Å². The molecule has 1 aromatic carbocycles. The first-order valence-electron chi connectivity index (χ1n) is 7.23. The van der Waals surface area contributed by atoms with Gasteiger partial charge in [0.15, 0.2) is 0 Å². The smallest absolute Gasteiger partial charge is 0.0713 e. The topological polar surface area (TPSA) is 21.3 Å². The van der Waals surface area contributed by atoms with Crippen LogP contribution < -0.4 is 5.32 Å². The summed E-state index contributed by atoms with van der Waals surface area (Å²) in [7, 11) is 1.74. The largest absolute Gasteiger partial charge is 0.380 e. The molecule has 1 heterocycles. The van der Waals surface area contributed by atoms with E-state index in [4.69, 9.17) is 4.74 Å². The van der Waals surface area contributed by atoms with E-state index in [2.05, 4.69) is 35.6 Å². The summed E-state index contributed by atoms with van der Waals surface area (Å²) in [4.78, 5) is 3.09. The lowest BCUT2D eigenvalue weighted by Crippen LogP contribution is -2.12. The molecule has 1 aliphatic carbocycles. The van der Waals surface area contributed by atoms with E-state index in [9.17, 15) is 0 Å². The molecule has 0 saturated heterocycles. The quantitative estimate of drug-likeness (QED) is 0.875. The highest BCUT2D eigenvalue weighted by atomic mass is 32.1. The van der Waals surface area contributed by atoms with Gasteiger partial charge in [0.05, 0.1) is 6.61 Å². The van der Waals surface area contributed by atoms with Gasteiger partial charge in [-0.1, -0.05) is 24.3 Å². The molecule has 2 aromatic rings. The average Bonchev–Trinajstić information content (AvgIpc) is 3.00. The fraction of sp³-hybridized carbons (Fsp3) is 0.412. The van der Waals surface area contributed by atoms with Crippen molar-refractivity contribution in [3.63, 3.8) is 0 Å². The van der Waals surface area contributed by atoms with Crippen molar-refractivity contribution in [2.24, 2.45) is 0 Å². The molecule has 1 N–H and O–H groups in total. The number of thiophene rings is 1. The zero-order chi connectivity index (χ0) is 13.8. The predicted octanol–water partition coefficient (Wildman–Crippen LogP) is 3.67. The molecule has 0 radical (unpaired) electrons. The molecule has 1 aliphatic rings. The Morgan fingerprint density at radius 2 is 2.05 bits per heavy atom. The van der Waals surface area contributed by atoms with Crippen molar-refractivity contribution in [1.82, 2.24) is 5.32 Å². The Morgan fingerprint density at radius 3 is 2.90 bits per heavy atom. The lowest BCUT2D eigenvalue weighted by atomic mass is 10.1. The maximum Gasteiger partial charge on any atom is 0.0713 e. The molecule has 3 rings (SSSR count). The summed E-state index contributed by atoms with van der Waals surface area (Å²) in [6.45, 7) is 2.58. The van der Waals surface area contributed by atoms with Crippen LogP contribution in [0.5, 0.6) is 0 Å². The molecule has 0 aliphatic heterocycles. The van der Waals surface area contributed by atoms with Crippen LogP contribution in [-0.2, 0) is 37.3 Å². The van der Waals surface area contributed by atoms with Crippen LogP contribution in [0.4, 0.5) is 0 Å². The maximum absolute atomic E-state index is 5.17. The number of fused-ring (bicyclic) bond motifs is 1. The molecule has 0 fully saturated rings. The van der Waals surface area contributed by atoms with E-state index >= 15 is 0 Å². The number of rotatable bonds is 6. The minimum atomic E-state index is 0.686. The zero-order valence-corrected chi connectivity index (χ0v) is 12.8. The van der Waals surface area contributed by atoms with Crippen molar-refractivity contribution in [2.75, 3.05) is 7.11 Å². The van der Waals surface area contributed by atoms with E-state index < -0.39 is 0 Å². The van der Waals surface area contributed by atoms with Gasteiger partial charge in [-0.2, -0.15) is 0 Å². The maximum atomic E-state index is 5.17. The number of hydrogen-bond acceptors (Lipinski definition) is 3. The summed E-state index contributed by atoms with van der Waals surface area (Å²) in [5.41, 5.74) is 4.15. The summed E-state index contributed by atoms with van der Waals surface area (Å²) < 4.78 is 5.17. The molecule has 0 unspecified atom stereocenters. The van der Waals surface area contributed by atoms with Crippen LogP contribution in [0.15, 0.2) is 30.3 Å². The Labute approximate surface area is 124 Å². The minimum Gasteiger partial charge on any atom is -0.380 e. The summed E-state index contributed by atoms with van der Waals surface area (Å²) in [6, 6.07) is 11.0. The second kappa shape index (κ2) is 6.53. The van der Waals surface area contributed by atoms with Crippen molar-refractivity contribution in [3.8, 4) is 0 Å². The van der Waals surface area contributed by atoms with Crippen LogP contribution in [0.2, 0.25) is 0 Å². The Hall–Kier alpha value is -1.16. The number of benzene rings is 1. The Balaban J connectivity index is 1.52. The van der Waals surface area contributed by atoms with Gasteiger partial charge in [-0.3, -0.25) is 0 Å². The van der Waals surface area contributed by atoms with E-state index in [-0.39, 0.29) is 0 Å². The molecule has 0 saturated carbocycles. The van der Waals surface area contributed by atoms with Gasteiger partial charge in [0, 0.05) is 30.0 Å². The molecule has 0 bridgehead atoms. The fourth-order valence-electron chi connectivity index (χ4n) is 2.80. The van der Waals surface area contributed by atoms with Gasteiger partial charge in [0.2, 0.25) is 0 Å². The highest BCUT2D eigenvalue weighted by Gasteiger charge is 2.14. The number of aryl methyl sites for hydroxylation is 2. The van der Waals surface area contributed by atoms with E-state index in [0.717, 1.165) is 13.1 Å². The van der Waals surface area contributed by atoms with Crippen molar-refractivity contribution >= 4 is 11.3 Å². The van der Waals surface area contributed by atoms with Crippen LogP contribution in [-0.4, -0.2) is 7.11 Å². The highest BCUT2D eigenvalue weighted by molar-refractivity contribution is 7.12. The van der Waals surface area contributed by atoms with Crippen molar-refractivity contribution in [1.29, 1.82) is 0 Å². The molecule has 0 spiro atoms. The average molecular weight is 287 g/mol. The number of ether oxygens (including phenoxy) is 1. The molecule has 106 valence electrons. The number of methoxy groups -OCH3 is 1. The summed E-state index contributed by atoms with van der Waals surface area (Å²) in [5, 5.41) is 3.55. The molecule has 0 atom stereocenters. The third-order valence-electron chi connectivity index (χ3n) is 3.73. The molecular formula is C17H21NOS. The van der Waals surface area contributed by atoms with E-state index in [0.29, 0.717) is 6.61 Å². The van der Waals surface area contributed by atoms with Gasteiger partial charge in [-0.25, -0.2) is 0 Å². The van der Waals surface area contributed by atoms with Gasteiger partial charge in [0.25, 0.3) is 0 Å². The molecule has 1 aromatic heterocycles. The van der Waals surface area contributed by atoms with Gasteiger partial charge in [-0.05, 0) is 42.0 Å². The van der Waals surface area contributed by atoms with Gasteiger partial charge in [-0.15, -0.1) is 11.3 Å². The van der Waals surface area contributed by atoms with Gasteiger partial charge in [0.1, 0.15) is 0 Å². The number of hydrogen-bond donors (Lipinski definition) is 1. The third kappa shape index (κ3) is 3.29. The highest BCUT2D eigenvalue weighted by Crippen LogP contribution is 2.30. The van der Waals surface area contributed by atoms with Crippen LogP contribution in [0.3, 0.4) is 0 Å². The summed E-state index contributed by atoms with van der Waals surface area (Å²) in [5.74, 6) is 0. The Kier molecular flexibility index (Phi) is 4.51. The van der Waals surface area contributed by atoms with Crippen molar-refractivity contribution in [3.05, 3.63) is 56.8 Å². The van der Waals surface area contributed by atoms with Gasteiger partial charge >= 0.3 is 0 Å². The second-order valence-electron chi connectivity index (χ2n) is 5.37. The van der Waals surface area contributed by atoms with Crippen molar-refractivity contribution < 1.29 is 4.74 Å². The first-order valence-corrected chi connectivity index (χ1v) is 8.05. The molecular weight excluding hydrogens is 266 g/mol. The monoisotopic (exact) mass is 287 g/mol. The third-order valence-corrected chi connectivity index (χ3v) is 4.97. The van der Waals surface area contributed by atoms with E-state index in [1.54, 1.807) is 17.6 Å². The van der Waals surface area contributed by atoms with Crippen LogP contribution in [0, 0.1) is 0 Å². The lowest BCUT2D eigenvalue weighted by molar-refractivity contribution is 0.185. The minimum absolute atomic E-state index is 0.686. The lowest BCUT2D eigenvalue weighted by Gasteiger charge is -2.06. The molecule has 20 heavy (non-hydrogen) atoms.